The minimum Gasteiger partial charge on any atom is -0.348 e. The van der Waals surface area contributed by atoms with Gasteiger partial charge >= 0.3 is 0 Å². The SMILES string of the molecule is CC(C)c1nc2n(n1)CCC[C@@H]2NC1CCN(c2nccs2)CC1. The Morgan fingerprint density at radius 2 is 2.04 bits per heavy atom. The van der Waals surface area contributed by atoms with Crippen LogP contribution in [0.3, 0.4) is 0 Å². The Morgan fingerprint density at radius 1 is 1.21 bits per heavy atom. The van der Waals surface area contributed by atoms with Crippen LogP contribution in [0.1, 0.15) is 63.1 Å². The lowest BCUT2D eigenvalue weighted by atomic mass is 10.0. The summed E-state index contributed by atoms with van der Waals surface area (Å²) in [7, 11) is 0. The summed E-state index contributed by atoms with van der Waals surface area (Å²) in [5.74, 6) is 2.52. The van der Waals surface area contributed by atoms with Gasteiger partial charge in [-0.3, -0.25) is 0 Å². The highest BCUT2D eigenvalue weighted by molar-refractivity contribution is 7.13. The Hall–Kier alpha value is -1.47. The van der Waals surface area contributed by atoms with Crippen molar-refractivity contribution in [2.24, 2.45) is 0 Å². The molecule has 0 aromatic carbocycles. The van der Waals surface area contributed by atoms with Crippen LogP contribution in [0.15, 0.2) is 11.6 Å². The van der Waals surface area contributed by atoms with Crippen molar-refractivity contribution in [3.63, 3.8) is 0 Å². The minimum atomic E-state index is 0.357. The molecule has 0 spiro atoms. The number of aromatic nitrogens is 4. The summed E-state index contributed by atoms with van der Waals surface area (Å²) in [6.45, 7) is 7.51. The number of nitrogens with one attached hydrogen (secondary N) is 1. The van der Waals surface area contributed by atoms with Crippen molar-refractivity contribution in [2.75, 3.05) is 18.0 Å². The van der Waals surface area contributed by atoms with Gasteiger partial charge in [0.05, 0.1) is 6.04 Å². The lowest BCUT2D eigenvalue weighted by Crippen LogP contribution is -2.44. The molecule has 0 amide bonds. The van der Waals surface area contributed by atoms with Crippen LogP contribution in [-0.2, 0) is 6.54 Å². The molecule has 6 nitrogen and oxygen atoms in total. The Morgan fingerprint density at radius 3 is 2.75 bits per heavy atom. The third-order valence-electron chi connectivity index (χ3n) is 5.03. The van der Waals surface area contributed by atoms with Gasteiger partial charge in [0.25, 0.3) is 0 Å². The first-order valence-electron chi connectivity index (χ1n) is 9.06. The fraction of sp³-hybridized carbons (Fsp3) is 0.706. The van der Waals surface area contributed by atoms with Crippen molar-refractivity contribution in [3.05, 3.63) is 23.2 Å². The van der Waals surface area contributed by atoms with Gasteiger partial charge in [-0.2, -0.15) is 5.10 Å². The van der Waals surface area contributed by atoms with E-state index >= 15 is 0 Å². The van der Waals surface area contributed by atoms with Crippen molar-refractivity contribution >= 4 is 16.5 Å². The Labute approximate surface area is 147 Å². The van der Waals surface area contributed by atoms with E-state index < -0.39 is 0 Å². The van der Waals surface area contributed by atoms with Gasteiger partial charge in [-0.05, 0) is 25.7 Å². The predicted molar refractivity (Wildman–Crippen MR) is 96.6 cm³/mol. The summed E-state index contributed by atoms with van der Waals surface area (Å²) < 4.78 is 2.13. The molecule has 4 heterocycles. The van der Waals surface area contributed by atoms with E-state index in [0.717, 1.165) is 36.4 Å². The fourth-order valence-corrected chi connectivity index (χ4v) is 4.36. The molecule has 24 heavy (non-hydrogen) atoms. The molecule has 1 saturated heterocycles. The van der Waals surface area contributed by atoms with Gasteiger partial charge in [0.2, 0.25) is 0 Å². The molecule has 0 radical (unpaired) electrons. The second-order valence-electron chi connectivity index (χ2n) is 7.14. The van der Waals surface area contributed by atoms with Crippen molar-refractivity contribution < 1.29 is 0 Å². The van der Waals surface area contributed by atoms with Crippen LogP contribution in [0.4, 0.5) is 5.13 Å². The van der Waals surface area contributed by atoms with Gasteiger partial charge in [-0.15, -0.1) is 11.3 Å². The average molecular weight is 347 g/mol. The first-order valence-corrected chi connectivity index (χ1v) is 9.94. The smallest absolute Gasteiger partial charge is 0.185 e. The van der Waals surface area contributed by atoms with E-state index in [2.05, 4.69) is 44.2 Å². The van der Waals surface area contributed by atoms with Gasteiger partial charge < -0.3 is 10.2 Å². The highest BCUT2D eigenvalue weighted by Gasteiger charge is 2.29. The quantitative estimate of drug-likeness (QED) is 0.922. The summed E-state index contributed by atoms with van der Waals surface area (Å²) in [6, 6.07) is 0.923. The van der Waals surface area contributed by atoms with Crippen LogP contribution in [-0.4, -0.2) is 38.9 Å². The first-order chi connectivity index (χ1) is 11.7. The Kier molecular flexibility index (Phi) is 4.54. The molecule has 2 aromatic rings. The van der Waals surface area contributed by atoms with Crippen LogP contribution in [0, 0.1) is 0 Å². The lowest BCUT2D eigenvalue weighted by Gasteiger charge is -2.35. The van der Waals surface area contributed by atoms with Gasteiger partial charge in [-0.1, -0.05) is 13.8 Å². The van der Waals surface area contributed by atoms with E-state index in [1.54, 1.807) is 11.3 Å². The molecular weight excluding hydrogens is 320 g/mol. The summed E-state index contributed by atoms with van der Waals surface area (Å²) in [5.41, 5.74) is 0. The lowest BCUT2D eigenvalue weighted by molar-refractivity contribution is 0.307. The molecule has 2 aliphatic heterocycles. The molecule has 0 bridgehead atoms. The monoisotopic (exact) mass is 346 g/mol. The van der Waals surface area contributed by atoms with Gasteiger partial charge in [0, 0.05) is 43.2 Å². The average Bonchev–Trinajstić information content (AvgIpc) is 3.26. The van der Waals surface area contributed by atoms with Crippen LogP contribution in [0.2, 0.25) is 0 Å². The topological polar surface area (TPSA) is 58.9 Å². The van der Waals surface area contributed by atoms with E-state index in [4.69, 9.17) is 4.98 Å². The van der Waals surface area contributed by atoms with Crippen LogP contribution < -0.4 is 10.2 Å². The molecular formula is C17H26N6S. The zero-order valence-corrected chi connectivity index (χ0v) is 15.3. The van der Waals surface area contributed by atoms with Gasteiger partial charge in [-0.25, -0.2) is 14.6 Å². The molecule has 4 rings (SSSR count). The molecule has 1 atom stereocenters. The van der Waals surface area contributed by atoms with E-state index in [9.17, 15) is 0 Å². The number of hydrogen-bond donors (Lipinski definition) is 1. The standard InChI is InChI=1S/C17H26N6S/c1-12(2)15-20-16-14(4-3-8-23(16)21-15)19-13-5-9-22(10-6-13)17-18-7-11-24-17/h7,11-14,19H,3-6,8-10H2,1-2H3/t14-/m0/s1. The van der Waals surface area contributed by atoms with Crippen molar-refractivity contribution in [3.8, 4) is 0 Å². The molecule has 7 heteroatoms. The maximum Gasteiger partial charge on any atom is 0.185 e. The van der Waals surface area contributed by atoms with Gasteiger partial charge in [0.15, 0.2) is 11.0 Å². The van der Waals surface area contributed by atoms with Crippen LogP contribution in [0.25, 0.3) is 0 Å². The molecule has 0 saturated carbocycles. The number of aryl methyl sites for hydroxylation is 1. The number of thiazole rings is 1. The number of piperidine rings is 1. The third-order valence-corrected chi connectivity index (χ3v) is 5.86. The van der Waals surface area contributed by atoms with Crippen LogP contribution in [0.5, 0.6) is 0 Å². The highest BCUT2D eigenvalue weighted by Crippen LogP contribution is 2.28. The van der Waals surface area contributed by atoms with E-state index in [1.807, 2.05) is 6.20 Å². The van der Waals surface area contributed by atoms with E-state index in [0.29, 0.717) is 18.0 Å². The fourth-order valence-electron chi connectivity index (χ4n) is 3.67. The van der Waals surface area contributed by atoms with E-state index in [-0.39, 0.29) is 0 Å². The molecule has 1 fully saturated rings. The van der Waals surface area contributed by atoms with Crippen molar-refractivity contribution in [1.82, 2.24) is 25.1 Å². The highest BCUT2D eigenvalue weighted by atomic mass is 32.1. The zero-order valence-electron chi connectivity index (χ0n) is 14.5. The second-order valence-corrected chi connectivity index (χ2v) is 8.02. The normalized spacial score (nSPS) is 22.1. The number of rotatable bonds is 4. The summed E-state index contributed by atoms with van der Waals surface area (Å²) in [6.07, 6.45) is 6.58. The maximum absolute atomic E-state index is 4.82. The number of nitrogens with zero attached hydrogens (tertiary/aromatic N) is 5. The molecule has 0 unspecified atom stereocenters. The molecule has 130 valence electrons. The molecule has 2 aromatic heterocycles. The Bertz CT molecular complexity index is 657. The molecule has 0 aliphatic carbocycles. The number of hydrogen-bond acceptors (Lipinski definition) is 6. The molecule has 2 aliphatic rings. The largest absolute Gasteiger partial charge is 0.348 e. The van der Waals surface area contributed by atoms with Crippen molar-refractivity contribution in [1.29, 1.82) is 0 Å². The van der Waals surface area contributed by atoms with Crippen LogP contribution >= 0.6 is 11.3 Å². The number of anilines is 1. The molecule has 1 N–H and O–H groups in total. The van der Waals surface area contributed by atoms with E-state index in [1.165, 1.54) is 25.7 Å². The minimum absolute atomic E-state index is 0.357. The predicted octanol–water partition coefficient (Wildman–Crippen LogP) is 2.95. The summed E-state index contributed by atoms with van der Waals surface area (Å²) in [5, 5.41) is 11.8. The zero-order chi connectivity index (χ0) is 16.5. The maximum atomic E-state index is 4.82. The summed E-state index contributed by atoms with van der Waals surface area (Å²) >= 11 is 1.74. The van der Waals surface area contributed by atoms with Gasteiger partial charge in [0.1, 0.15) is 5.82 Å². The van der Waals surface area contributed by atoms with Crippen molar-refractivity contribution in [2.45, 2.75) is 64.1 Å². The second kappa shape index (κ2) is 6.80. The number of fused-ring (bicyclic) bond motifs is 1. The first kappa shape index (κ1) is 16.0. The third kappa shape index (κ3) is 3.19. The Balaban J connectivity index is 1.39. The summed E-state index contributed by atoms with van der Waals surface area (Å²) in [4.78, 5) is 11.7.